The second-order valence-electron chi connectivity index (χ2n) is 7.32. The number of nitrogens with zero attached hydrogens (tertiary/aromatic N) is 6. The minimum atomic E-state index is -3.50. The van der Waals surface area contributed by atoms with Gasteiger partial charge in [0, 0.05) is 32.4 Å². The number of rotatable bonds is 5. The summed E-state index contributed by atoms with van der Waals surface area (Å²) < 4.78 is 38.8. The van der Waals surface area contributed by atoms with E-state index in [2.05, 4.69) is 20.4 Å². The molecule has 0 spiro atoms. The van der Waals surface area contributed by atoms with Crippen LogP contribution < -0.4 is 0 Å². The Morgan fingerprint density at radius 2 is 1.71 bits per heavy atom. The summed E-state index contributed by atoms with van der Waals surface area (Å²) in [6.45, 7) is 2.54. The van der Waals surface area contributed by atoms with Gasteiger partial charge < -0.3 is 4.90 Å². The van der Waals surface area contributed by atoms with Crippen LogP contribution in [0.5, 0.6) is 0 Å². The Bertz CT molecular complexity index is 1190. The SMILES string of the molecule is CS(=O)(=O)c1ccccc1C(=O)N1CCN(Cc2nnnn2-c2ccc(F)cc2)CC1. The van der Waals surface area contributed by atoms with Gasteiger partial charge in [-0.1, -0.05) is 12.1 Å². The molecule has 11 heteroatoms. The average Bonchev–Trinajstić information content (AvgIpc) is 3.22. The summed E-state index contributed by atoms with van der Waals surface area (Å²) in [6, 6.07) is 12.2. The van der Waals surface area contributed by atoms with Crippen molar-refractivity contribution in [3.63, 3.8) is 0 Å². The van der Waals surface area contributed by atoms with Gasteiger partial charge in [-0.3, -0.25) is 9.69 Å². The second kappa shape index (κ2) is 8.52. The van der Waals surface area contributed by atoms with Gasteiger partial charge in [-0.2, -0.15) is 4.68 Å². The van der Waals surface area contributed by atoms with Gasteiger partial charge in [-0.05, 0) is 46.8 Å². The summed E-state index contributed by atoms with van der Waals surface area (Å²) in [7, 11) is -3.50. The highest BCUT2D eigenvalue weighted by molar-refractivity contribution is 7.90. The van der Waals surface area contributed by atoms with Gasteiger partial charge in [-0.15, -0.1) is 5.10 Å². The minimum absolute atomic E-state index is 0.0425. The number of aromatic nitrogens is 4. The van der Waals surface area contributed by atoms with E-state index in [1.807, 2.05) is 0 Å². The molecule has 3 aromatic rings. The van der Waals surface area contributed by atoms with E-state index >= 15 is 0 Å². The predicted molar refractivity (Wildman–Crippen MR) is 110 cm³/mol. The Labute approximate surface area is 179 Å². The average molecular weight is 444 g/mol. The first kappa shape index (κ1) is 21.1. The number of tetrazole rings is 1. The zero-order valence-corrected chi connectivity index (χ0v) is 17.7. The lowest BCUT2D eigenvalue weighted by atomic mass is 10.2. The normalized spacial score (nSPS) is 15.2. The zero-order chi connectivity index (χ0) is 22.0. The fourth-order valence-electron chi connectivity index (χ4n) is 3.53. The van der Waals surface area contributed by atoms with Crippen LogP contribution in [0.15, 0.2) is 53.4 Å². The molecule has 0 unspecified atom stereocenters. The number of piperazine rings is 1. The van der Waals surface area contributed by atoms with E-state index in [4.69, 9.17) is 0 Å². The molecule has 2 aromatic carbocycles. The van der Waals surface area contributed by atoms with Crippen molar-refractivity contribution in [1.82, 2.24) is 30.0 Å². The third kappa shape index (κ3) is 4.62. The first-order valence-electron chi connectivity index (χ1n) is 9.67. The molecule has 31 heavy (non-hydrogen) atoms. The predicted octanol–water partition coefficient (Wildman–Crippen LogP) is 1.16. The van der Waals surface area contributed by atoms with E-state index in [0.29, 0.717) is 44.2 Å². The van der Waals surface area contributed by atoms with Crippen molar-refractivity contribution < 1.29 is 17.6 Å². The Kier molecular flexibility index (Phi) is 5.79. The third-order valence-corrected chi connectivity index (χ3v) is 6.30. The zero-order valence-electron chi connectivity index (χ0n) is 16.8. The molecule has 0 N–H and O–H groups in total. The van der Waals surface area contributed by atoms with E-state index in [-0.39, 0.29) is 22.2 Å². The standard InChI is InChI=1S/C20H21FN6O3S/c1-31(29,30)18-5-3-2-4-17(18)20(28)26-12-10-25(11-13-26)14-19-22-23-24-27(19)16-8-6-15(21)7-9-16/h2-9H,10-14H2,1H3. The molecule has 2 heterocycles. The van der Waals surface area contributed by atoms with Crippen LogP contribution in [0, 0.1) is 5.82 Å². The maximum Gasteiger partial charge on any atom is 0.255 e. The Morgan fingerprint density at radius 3 is 2.39 bits per heavy atom. The smallest absolute Gasteiger partial charge is 0.255 e. The number of sulfone groups is 1. The quantitative estimate of drug-likeness (QED) is 0.582. The molecule has 0 saturated carbocycles. The van der Waals surface area contributed by atoms with Crippen LogP contribution in [-0.2, 0) is 16.4 Å². The fourth-order valence-corrected chi connectivity index (χ4v) is 4.41. The number of halogens is 1. The number of benzene rings is 2. The van der Waals surface area contributed by atoms with Crippen molar-refractivity contribution >= 4 is 15.7 Å². The highest BCUT2D eigenvalue weighted by Gasteiger charge is 2.26. The van der Waals surface area contributed by atoms with Gasteiger partial charge in [0.1, 0.15) is 5.82 Å². The lowest BCUT2D eigenvalue weighted by Gasteiger charge is -2.34. The summed E-state index contributed by atoms with van der Waals surface area (Å²) in [5.74, 6) is -0.0257. The summed E-state index contributed by atoms with van der Waals surface area (Å²) in [5.41, 5.74) is 0.853. The maximum absolute atomic E-state index is 13.2. The summed E-state index contributed by atoms with van der Waals surface area (Å²) in [5, 5.41) is 11.8. The van der Waals surface area contributed by atoms with Crippen molar-refractivity contribution in [2.75, 3.05) is 32.4 Å². The van der Waals surface area contributed by atoms with E-state index in [1.54, 1.807) is 39.9 Å². The van der Waals surface area contributed by atoms with Crippen molar-refractivity contribution in [2.45, 2.75) is 11.4 Å². The molecule has 1 aromatic heterocycles. The van der Waals surface area contributed by atoms with Crippen LogP contribution in [0.2, 0.25) is 0 Å². The molecule has 1 fully saturated rings. The first-order valence-corrected chi connectivity index (χ1v) is 11.6. The molecule has 9 nitrogen and oxygen atoms in total. The van der Waals surface area contributed by atoms with Gasteiger partial charge in [-0.25, -0.2) is 12.8 Å². The topological polar surface area (TPSA) is 101 Å². The van der Waals surface area contributed by atoms with E-state index in [9.17, 15) is 17.6 Å². The van der Waals surface area contributed by atoms with E-state index < -0.39 is 9.84 Å². The van der Waals surface area contributed by atoms with E-state index in [0.717, 1.165) is 6.26 Å². The van der Waals surface area contributed by atoms with Crippen LogP contribution in [0.3, 0.4) is 0 Å². The number of carbonyl (C=O) groups is 1. The van der Waals surface area contributed by atoms with Crippen molar-refractivity contribution in [3.8, 4) is 5.69 Å². The first-order chi connectivity index (χ1) is 14.8. The Hall–Kier alpha value is -3.18. The lowest BCUT2D eigenvalue weighted by molar-refractivity contribution is 0.0620. The number of hydrogen-bond acceptors (Lipinski definition) is 7. The Balaban J connectivity index is 1.42. The van der Waals surface area contributed by atoms with Gasteiger partial charge in [0.25, 0.3) is 5.91 Å². The van der Waals surface area contributed by atoms with Crippen molar-refractivity contribution in [1.29, 1.82) is 0 Å². The van der Waals surface area contributed by atoms with Gasteiger partial charge in [0.15, 0.2) is 15.7 Å². The fraction of sp³-hybridized carbons (Fsp3) is 0.300. The lowest BCUT2D eigenvalue weighted by Crippen LogP contribution is -2.48. The number of hydrogen-bond donors (Lipinski definition) is 0. The highest BCUT2D eigenvalue weighted by atomic mass is 32.2. The van der Waals surface area contributed by atoms with Crippen LogP contribution in [0.4, 0.5) is 4.39 Å². The van der Waals surface area contributed by atoms with Crippen LogP contribution in [0.25, 0.3) is 5.69 Å². The molecular formula is C20H21FN6O3S. The van der Waals surface area contributed by atoms with Gasteiger partial charge in [0.2, 0.25) is 0 Å². The number of amides is 1. The molecule has 1 saturated heterocycles. The molecule has 1 amide bonds. The molecule has 1 aliphatic heterocycles. The highest BCUT2D eigenvalue weighted by Crippen LogP contribution is 2.19. The molecule has 0 atom stereocenters. The molecule has 0 bridgehead atoms. The molecule has 4 rings (SSSR count). The monoisotopic (exact) mass is 444 g/mol. The van der Waals surface area contributed by atoms with Crippen molar-refractivity contribution in [3.05, 3.63) is 65.7 Å². The molecule has 0 radical (unpaired) electrons. The minimum Gasteiger partial charge on any atom is -0.336 e. The largest absolute Gasteiger partial charge is 0.336 e. The molecule has 0 aliphatic carbocycles. The summed E-state index contributed by atoms with van der Waals surface area (Å²) in [6.07, 6.45) is 1.10. The van der Waals surface area contributed by atoms with Crippen LogP contribution in [0.1, 0.15) is 16.2 Å². The summed E-state index contributed by atoms with van der Waals surface area (Å²) in [4.78, 5) is 16.7. The Morgan fingerprint density at radius 1 is 1.03 bits per heavy atom. The second-order valence-corrected chi connectivity index (χ2v) is 9.30. The van der Waals surface area contributed by atoms with E-state index in [1.165, 1.54) is 18.2 Å². The maximum atomic E-state index is 13.2. The molecule has 162 valence electrons. The van der Waals surface area contributed by atoms with Gasteiger partial charge >= 0.3 is 0 Å². The third-order valence-electron chi connectivity index (χ3n) is 5.15. The van der Waals surface area contributed by atoms with Gasteiger partial charge in [0.05, 0.1) is 22.7 Å². The number of carbonyl (C=O) groups excluding carboxylic acids is 1. The summed E-state index contributed by atoms with van der Waals surface area (Å²) >= 11 is 0. The van der Waals surface area contributed by atoms with Crippen molar-refractivity contribution in [2.24, 2.45) is 0 Å². The molecule has 1 aliphatic rings. The molecular weight excluding hydrogens is 423 g/mol. The van der Waals surface area contributed by atoms with Crippen LogP contribution >= 0.6 is 0 Å². The van der Waals surface area contributed by atoms with Crippen LogP contribution in [-0.4, -0.2) is 76.8 Å².